The maximum absolute atomic E-state index is 12.4. The van der Waals surface area contributed by atoms with Gasteiger partial charge in [-0.1, -0.05) is 43.6 Å². The molecular formula is C24H33NO3. The number of primary amides is 1. The molecule has 1 saturated carbocycles. The molecule has 1 aromatic carbocycles. The third-order valence-electron chi connectivity index (χ3n) is 6.71. The molecule has 28 heavy (non-hydrogen) atoms. The number of nitrogens with two attached hydrogens (primary N) is 1. The number of unbranched alkanes of at least 4 members (excludes halogenated alkanes) is 1. The van der Waals surface area contributed by atoms with Crippen LogP contribution >= 0.6 is 0 Å². The first-order valence-electron chi connectivity index (χ1n) is 10.4. The maximum Gasteiger partial charge on any atom is 0.252 e. The number of hydrogen-bond acceptors (Lipinski definition) is 3. The Labute approximate surface area is 168 Å². The zero-order valence-corrected chi connectivity index (χ0v) is 17.3. The summed E-state index contributed by atoms with van der Waals surface area (Å²) >= 11 is 0. The van der Waals surface area contributed by atoms with Crippen LogP contribution in [0.3, 0.4) is 0 Å². The van der Waals surface area contributed by atoms with Crippen LogP contribution in [0.4, 0.5) is 0 Å². The number of hydrogen-bond donors (Lipinski definition) is 3. The Balaban J connectivity index is 2.17. The molecule has 3 rings (SSSR count). The minimum Gasteiger partial charge on any atom is -0.507 e. The summed E-state index contributed by atoms with van der Waals surface area (Å²) in [6, 6.07) is 1.70. The molecule has 0 heterocycles. The third-order valence-corrected chi connectivity index (χ3v) is 6.71. The predicted molar refractivity (Wildman–Crippen MR) is 113 cm³/mol. The van der Waals surface area contributed by atoms with E-state index in [1.165, 1.54) is 5.57 Å². The van der Waals surface area contributed by atoms with Crippen molar-refractivity contribution in [2.45, 2.75) is 77.0 Å². The molecule has 2 aliphatic rings. The maximum atomic E-state index is 12.4. The third kappa shape index (κ3) is 3.57. The summed E-state index contributed by atoms with van der Waals surface area (Å²) in [5, 5.41) is 22.1. The molecule has 4 nitrogen and oxygen atoms in total. The number of benzene rings is 1. The second-order valence-corrected chi connectivity index (χ2v) is 8.86. The van der Waals surface area contributed by atoms with E-state index >= 15 is 0 Å². The first-order chi connectivity index (χ1) is 13.2. The van der Waals surface area contributed by atoms with Crippen molar-refractivity contribution in [1.29, 1.82) is 0 Å². The van der Waals surface area contributed by atoms with Crippen LogP contribution in [0.2, 0.25) is 0 Å². The number of phenols is 2. The molecule has 0 aromatic heterocycles. The smallest absolute Gasteiger partial charge is 0.252 e. The zero-order chi connectivity index (χ0) is 20.6. The van der Waals surface area contributed by atoms with Crippen molar-refractivity contribution in [3.8, 4) is 11.5 Å². The molecule has 1 fully saturated rings. The fraction of sp³-hybridized carbons (Fsp3) is 0.542. The highest BCUT2D eigenvalue weighted by Gasteiger charge is 2.47. The van der Waals surface area contributed by atoms with Gasteiger partial charge in [-0.05, 0) is 68.9 Å². The second-order valence-electron chi connectivity index (χ2n) is 8.86. The lowest BCUT2D eigenvalue weighted by molar-refractivity contribution is 0.0995. The molecule has 0 bridgehead atoms. The van der Waals surface area contributed by atoms with Crippen LogP contribution in [-0.2, 0) is 5.41 Å². The molecule has 0 aliphatic heterocycles. The molecule has 1 amide bonds. The lowest BCUT2D eigenvalue weighted by atomic mass is 9.72. The Kier molecular flexibility index (Phi) is 5.60. The van der Waals surface area contributed by atoms with Crippen molar-refractivity contribution in [1.82, 2.24) is 0 Å². The van der Waals surface area contributed by atoms with Crippen molar-refractivity contribution < 1.29 is 15.0 Å². The van der Waals surface area contributed by atoms with Crippen molar-refractivity contribution in [3.05, 3.63) is 46.6 Å². The average molecular weight is 384 g/mol. The second kappa shape index (κ2) is 7.65. The summed E-state index contributed by atoms with van der Waals surface area (Å²) in [6.07, 6.45) is 8.95. The molecule has 0 unspecified atom stereocenters. The van der Waals surface area contributed by atoms with Gasteiger partial charge in [0.2, 0.25) is 0 Å². The topological polar surface area (TPSA) is 83.5 Å². The van der Waals surface area contributed by atoms with Crippen LogP contribution in [0.15, 0.2) is 29.9 Å². The molecule has 0 saturated heterocycles. The van der Waals surface area contributed by atoms with Crippen molar-refractivity contribution >= 4 is 5.91 Å². The van der Waals surface area contributed by atoms with Crippen LogP contribution in [0.5, 0.6) is 11.5 Å². The number of amides is 1. The van der Waals surface area contributed by atoms with E-state index in [9.17, 15) is 15.0 Å². The van der Waals surface area contributed by atoms with Gasteiger partial charge in [0, 0.05) is 11.5 Å². The van der Waals surface area contributed by atoms with Gasteiger partial charge in [0.15, 0.2) is 0 Å². The van der Waals surface area contributed by atoms with E-state index in [1.54, 1.807) is 6.07 Å². The largest absolute Gasteiger partial charge is 0.507 e. The minimum atomic E-state index is -0.625. The highest BCUT2D eigenvalue weighted by atomic mass is 16.3. The van der Waals surface area contributed by atoms with Gasteiger partial charge in [-0.2, -0.15) is 0 Å². The molecule has 2 aliphatic carbocycles. The van der Waals surface area contributed by atoms with Gasteiger partial charge in [-0.15, -0.1) is 0 Å². The quantitative estimate of drug-likeness (QED) is 0.549. The van der Waals surface area contributed by atoms with Crippen LogP contribution in [0, 0.1) is 5.92 Å². The minimum absolute atomic E-state index is 0.0578. The fourth-order valence-electron chi connectivity index (χ4n) is 4.89. The summed E-state index contributed by atoms with van der Waals surface area (Å²) in [6.45, 7) is 10.3. The number of carbonyl (C=O) groups is 1. The van der Waals surface area contributed by atoms with Crippen LogP contribution in [0.25, 0.3) is 0 Å². The molecular weight excluding hydrogens is 350 g/mol. The SMILES string of the molecule is C=C(C)[C@@H]1CCC(C)=C[C@H]1c1c(O)cc(C2(CCCC)CC2)c(C(N)=O)c1O. The molecule has 0 spiro atoms. The number of rotatable bonds is 7. The highest BCUT2D eigenvalue weighted by molar-refractivity contribution is 5.98. The van der Waals surface area contributed by atoms with Gasteiger partial charge < -0.3 is 15.9 Å². The number of phenolic OH excluding ortho intramolecular Hbond substituents is 1. The van der Waals surface area contributed by atoms with E-state index < -0.39 is 5.91 Å². The Hall–Kier alpha value is -2.23. The summed E-state index contributed by atoms with van der Waals surface area (Å²) < 4.78 is 0. The van der Waals surface area contributed by atoms with Crippen molar-refractivity contribution in [2.24, 2.45) is 11.7 Å². The standard InChI is InChI=1S/C24H33NO3/c1-5-6-9-24(10-11-24)18-13-19(26)20(22(27)21(18)23(25)28)17-12-15(4)7-8-16(17)14(2)3/h12-13,16-17,26-27H,2,5-11H2,1,3-4H3,(H2,25,28)/t16-,17+/m0/s1. The lowest BCUT2D eigenvalue weighted by Crippen LogP contribution is -2.22. The molecule has 4 N–H and O–H groups in total. The first kappa shape index (κ1) is 20.5. The first-order valence-corrected chi connectivity index (χ1v) is 10.4. The summed E-state index contributed by atoms with van der Waals surface area (Å²) in [7, 11) is 0. The van der Waals surface area contributed by atoms with E-state index in [-0.39, 0.29) is 34.3 Å². The van der Waals surface area contributed by atoms with E-state index in [1.807, 2.05) is 6.92 Å². The molecule has 152 valence electrons. The summed E-state index contributed by atoms with van der Waals surface area (Å²) in [4.78, 5) is 12.4. The fourth-order valence-corrected chi connectivity index (χ4v) is 4.89. The average Bonchev–Trinajstić information content (AvgIpc) is 3.40. The Morgan fingerprint density at radius 3 is 2.57 bits per heavy atom. The van der Waals surface area contributed by atoms with Gasteiger partial charge in [-0.3, -0.25) is 4.79 Å². The van der Waals surface area contributed by atoms with Crippen molar-refractivity contribution in [2.75, 3.05) is 0 Å². The monoisotopic (exact) mass is 383 g/mol. The van der Waals surface area contributed by atoms with Crippen LogP contribution in [-0.4, -0.2) is 16.1 Å². The molecule has 0 radical (unpaired) electrons. The van der Waals surface area contributed by atoms with Gasteiger partial charge in [0.25, 0.3) is 5.91 Å². The van der Waals surface area contributed by atoms with Gasteiger partial charge >= 0.3 is 0 Å². The normalized spacial score (nSPS) is 23.2. The Bertz CT molecular complexity index is 833. The van der Waals surface area contributed by atoms with Gasteiger partial charge in [0.05, 0.1) is 5.56 Å². The number of carbonyl (C=O) groups excluding carboxylic acids is 1. The highest BCUT2D eigenvalue weighted by Crippen LogP contribution is 2.57. The van der Waals surface area contributed by atoms with E-state index in [2.05, 4.69) is 26.5 Å². The van der Waals surface area contributed by atoms with Crippen LogP contribution in [0.1, 0.15) is 93.1 Å². The Morgan fingerprint density at radius 1 is 1.36 bits per heavy atom. The van der Waals surface area contributed by atoms with E-state index in [0.29, 0.717) is 5.56 Å². The van der Waals surface area contributed by atoms with Gasteiger partial charge in [-0.25, -0.2) is 0 Å². The molecule has 2 atom stereocenters. The zero-order valence-electron chi connectivity index (χ0n) is 17.3. The lowest BCUT2D eigenvalue weighted by Gasteiger charge is -2.32. The van der Waals surface area contributed by atoms with Crippen LogP contribution < -0.4 is 5.73 Å². The van der Waals surface area contributed by atoms with Gasteiger partial charge in [0.1, 0.15) is 11.5 Å². The van der Waals surface area contributed by atoms with E-state index in [4.69, 9.17) is 5.73 Å². The molecule has 4 heteroatoms. The van der Waals surface area contributed by atoms with Crippen molar-refractivity contribution in [3.63, 3.8) is 0 Å². The Morgan fingerprint density at radius 2 is 2.04 bits per heavy atom. The van der Waals surface area contributed by atoms with E-state index in [0.717, 1.165) is 56.1 Å². The summed E-state index contributed by atoms with van der Waals surface area (Å²) in [5.74, 6) is -0.805. The summed E-state index contributed by atoms with van der Waals surface area (Å²) in [5.41, 5.74) is 9.14. The predicted octanol–water partition coefficient (Wildman–Crippen LogP) is 5.43. The number of allylic oxidation sites excluding steroid dienone is 3. The molecule has 1 aromatic rings. The number of aromatic hydroxyl groups is 2.